The summed E-state index contributed by atoms with van der Waals surface area (Å²) in [4.78, 5) is 14.2. The molecule has 2 aliphatic heterocycles. The van der Waals surface area contributed by atoms with Gasteiger partial charge in [0.25, 0.3) is 0 Å². The number of benzene rings is 1. The zero-order chi connectivity index (χ0) is 21.3. The van der Waals surface area contributed by atoms with Crippen LogP contribution in [0.4, 0.5) is 11.5 Å². The number of hydrogen-bond donors (Lipinski definition) is 1. The van der Waals surface area contributed by atoms with Crippen molar-refractivity contribution in [3.05, 3.63) is 47.7 Å². The van der Waals surface area contributed by atoms with E-state index in [1.807, 2.05) is 12.4 Å². The Morgan fingerprint density at radius 1 is 1.03 bits per heavy atom. The Hall–Kier alpha value is -1.81. The number of anilines is 1. The van der Waals surface area contributed by atoms with E-state index in [0.29, 0.717) is 6.04 Å². The summed E-state index contributed by atoms with van der Waals surface area (Å²) in [6, 6.07) is 11.4. The predicted octanol–water partition coefficient (Wildman–Crippen LogP) is 4.14. The smallest absolute Gasteiger partial charge is 0.128 e. The number of hydrogen-bond acceptors (Lipinski definition) is 5. The second-order valence-electron chi connectivity index (χ2n) is 9.17. The monoisotopic (exact) mass is 436 g/mol. The molecule has 2 unspecified atom stereocenters. The summed E-state index contributed by atoms with van der Waals surface area (Å²) in [7, 11) is 0.844. The molecule has 3 heterocycles. The summed E-state index contributed by atoms with van der Waals surface area (Å²) in [5, 5.41) is 12.4. The van der Waals surface area contributed by atoms with Gasteiger partial charge in [-0.05, 0) is 48.8 Å². The van der Waals surface area contributed by atoms with Gasteiger partial charge in [-0.3, -0.25) is 9.89 Å². The summed E-state index contributed by atoms with van der Waals surface area (Å²) in [5.74, 6) is 1.03. The zero-order valence-electron chi connectivity index (χ0n) is 18.4. The lowest BCUT2D eigenvalue weighted by Gasteiger charge is -2.39. The van der Waals surface area contributed by atoms with E-state index in [2.05, 4.69) is 52.0 Å². The van der Waals surface area contributed by atoms with Crippen molar-refractivity contribution in [3.8, 4) is 0 Å². The Kier molecular flexibility index (Phi) is 6.10. The van der Waals surface area contributed by atoms with Crippen LogP contribution < -0.4 is 10.2 Å². The summed E-state index contributed by atoms with van der Waals surface area (Å²) in [6.07, 6.45) is 10.2. The highest BCUT2D eigenvalue weighted by atomic mass is 31.1. The first-order chi connectivity index (χ1) is 15.1. The molecule has 0 radical (unpaired) electrons. The number of pyridine rings is 1. The average Bonchev–Trinajstić information content (AvgIpc) is 2.84. The lowest BCUT2D eigenvalue weighted by molar-refractivity contribution is -0.000911. The fourth-order valence-corrected chi connectivity index (χ4v) is 6.19. The third-order valence-electron chi connectivity index (χ3n) is 7.27. The van der Waals surface area contributed by atoms with Crippen molar-refractivity contribution in [3.63, 3.8) is 0 Å². The molecular formula is C25H33N4OP. The molecule has 1 aliphatic carbocycles. The van der Waals surface area contributed by atoms with Crippen LogP contribution in [0.3, 0.4) is 0 Å². The van der Waals surface area contributed by atoms with Crippen molar-refractivity contribution in [2.75, 3.05) is 37.2 Å². The quantitative estimate of drug-likeness (QED) is 0.732. The maximum Gasteiger partial charge on any atom is 0.128 e. The number of aliphatic imine (C=N–C) groups is 1. The maximum absolute atomic E-state index is 11.0. The van der Waals surface area contributed by atoms with Crippen LogP contribution in [0.2, 0.25) is 0 Å². The van der Waals surface area contributed by atoms with E-state index in [4.69, 9.17) is 4.98 Å². The Morgan fingerprint density at radius 2 is 1.84 bits per heavy atom. The first kappa shape index (κ1) is 21.1. The molecule has 6 heteroatoms. The molecule has 1 saturated heterocycles. The molecule has 1 aromatic carbocycles. The number of aliphatic hydroxyl groups is 1. The minimum absolute atomic E-state index is 0.416. The Morgan fingerprint density at radius 3 is 2.58 bits per heavy atom. The van der Waals surface area contributed by atoms with Crippen LogP contribution in [-0.4, -0.2) is 53.5 Å². The van der Waals surface area contributed by atoms with E-state index in [1.54, 1.807) is 0 Å². The molecule has 1 saturated carbocycles. The van der Waals surface area contributed by atoms with Gasteiger partial charge in [0.1, 0.15) is 5.82 Å². The highest BCUT2D eigenvalue weighted by molar-refractivity contribution is 7.48. The lowest BCUT2D eigenvalue weighted by Crippen LogP contribution is -2.47. The fourth-order valence-electron chi connectivity index (χ4n) is 5.19. The zero-order valence-corrected chi connectivity index (χ0v) is 19.4. The molecule has 0 bridgehead atoms. The van der Waals surface area contributed by atoms with E-state index < -0.39 is 5.60 Å². The Labute approximate surface area is 187 Å². The van der Waals surface area contributed by atoms with Crippen molar-refractivity contribution in [2.45, 2.75) is 50.7 Å². The SMILES string of the molecule is CC(c1ccc2c(c1)PCC=N2)N1CCN(c2ccc(C3(O)CCCCC3)cn2)CC1. The summed E-state index contributed by atoms with van der Waals surface area (Å²) in [6.45, 7) is 6.36. The van der Waals surface area contributed by atoms with E-state index >= 15 is 0 Å². The molecule has 5 nitrogen and oxygen atoms in total. The van der Waals surface area contributed by atoms with Gasteiger partial charge in [0.05, 0.1) is 11.3 Å². The van der Waals surface area contributed by atoms with Crippen molar-refractivity contribution in [1.29, 1.82) is 0 Å². The van der Waals surface area contributed by atoms with Crippen LogP contribution >= 0.6 is 8.58 Å². The van der Waals surface area contributed by atoms with E-state index in [9.17, 15) is 5.11 Å². The first-order valence-electron chi connectivity index (χ1n) is 11.7. The molecule has 3 aliphatic rings. The number of nitrogens with zero attached hydrogens (tertiary/aromatic N) is 4. The fraction of sp³-hybridized carbons (Fsp3) is 0.520. The molecule has 0 amide bonds. The van der Waals surface area contributed by atoms with Gasteiger partial charge in [0.2, 0.25) is 0 Å². The standard InChI is InChI=1S/C25H33N4OP/c1-19(20-5-7-22-23(17-20)31-16-11-26-22)28-12-14-29(15-13-28)24-8-6-21(18-27-24)25(30)9-3-2-4-10-25/h5-8,11,17-19,30-31H,2-4,9-10,12-16H2,1H3. The van der Waals surface area contributed by atoms with Crippen LogP contribution in [0.25, 0.3) is 0 Å². The van der Waals surface area contributed by atoms with Gasteiger partial charge in [-0.15, -0.1) is 0 Å². The van der Waals surface area contributed by atoms with Crippen LogP contribution in [0.5, 0.6) is 0 Å². The molecule has 5 rings (SSSR count). The summed E-state index contributed by atoms with van der Waals surface area (Å²) >= 11 is 0. The van der Waals surface area contributed by atoms with Crippen LogP contribution in [0.1, 0.15) is 56.2 Å². The molecule has 164 valence electrons. The second kappa shape index (κ2) is 8.97. The maximum atomic E-state index is 11.0. The third-order valence-corrected chi connectivity index (χ3v) is 8.44. The largest absolute Gasteiger partial charge is 0.385 e. The van der Waals surface area contributed by atoms with Gasteiger partial charge in [-0.2, -0.15) is 0 Å². The molecule has 2 fully saturated rings. The first-order valence-corrected chi connectivity index (χ1v) is 12.9. The minimum Gasteiger partial charge on any atom is -0.385 e. The molecule has 1 N–H and O–H groups in total. The highest BCUT2D eigenvalue weighted by Crippen LogP contribution is 2.37. The molecule has 0 spiro atoms. The van der Waals surface area contributed by atoms with Crippen molar-refractivity contribution >= 4 is 31.6 Å². The molecule has 2 atom stereocenters. The van der Waals surface area contributed by atoms with Crippen molar-refractivity contribution in [2.24, 2.45) is 4.99 Å². The van der Waals surface area contributed by atoms with Gasteiger partial charge < -0.3 is 10.0 Å². The molecule has 31 heavy (non-hydrogen) atoms. The minimum atomic E-state index is -0.668. The average molecular weight is 437 g/mol. The van der Waals surface area contributed by atoms with Gasteiger partial charge in [-0.1, -0.05) is 40.0 Å². The summed E-state index contributed by atoms with van der Waals surface area (Å²) in [5.41, 5.74) is 2.87. The van der Waals surface area contributed by atoms with Crippen LogP contribution in [0.15, 0.2) is 41.5 Å². The molecule has 1 aromatic heterocycles. The van der Waals surface area contributed by atoms with E-state index in [0.717, 1.165) is 83.7 Å². The number of aromatic nitrogens is 1. The number of rotatable bonds is 4. The van der Waals surface area contributed by atoms with Gasteiger partial charge in [0, 0.05) is 56.4 Å². The van der Waals surface area contributed by atoms with Gasteiger partial charge in [-0.25, -0.2) is 4.98 Å². The van der Waals surface area contributed by atoms with E-state index in [1.165, 1.54) is 17.3 Å². The van der Waals surface area contributed by atoms with Crippen LogP contribution in [0, 0.1) is 0 Å². The lowest BCUT2D eigenvalue weighted by atomic mass is 9.80. The van der Waals surface area contributed by atoms with Gasteiger partial charge in [0.15, 0.2) is 0 Å². The number of fused-ring (bicyclic) bond motifs is 1. The normalized spacial score (nSPS) is 23.0. The van der Waals surface area contributed by atoms with Gasteiger partial charge >= 0.3 is 0 Å². The second-order valence-corrected chi connectivity index (χ2v) is 10.5. The molecule has 2 aromatic rings. The summed E-state index contributed by atoms with van der Waals surface area (Å²) < 4.78 is 0. The Balaban J connectivity index is 1.21. The predicted molar refractivity (Wildman–Crippen MR) is 131 cm³/mol. The highest BCUT2D eigenvalue weighted by Gasteiger charge is 2.31. The van der Waals surface area contributed by atoms with E-state index in [-0.39, 0.29) is 0 Å². The topological polar surface area (TPSA) is 52.0 Å². The van der Waals surface area contributed by atoms with Crippen molar-refractivity contribution < 1.29 is 5.11 Å². The number of piperazine rings is 1. The molecular weight excluding hydrogens is 403 g/mol. The third kappa shape index (κ3) is 4.41. The Bertz CT molecular complexity index is 931. The van der Waals surface area contributed by atoms with Crippen LogP contribution in [-0.2, 0) is 5.60 Å². The van der Waals surface area contributed by atoms with Crippen molar-refractivity contribution in [1.82, 2.24) is 9.88 Å².